The molecule has 0 saturated heterocycles. The number of anilines is 1. The van der Waals surface area contributed by atoms with E-state index in [1.807, 2.05) is 30.5 Å². The minimum atomic E-state index is 0. The van der Waals surface area contributed by atoms with Gasteiger partial charge in [0.1, 0.15) is 0 Å². The van der Waals surface area contributed by atoms with Crippen molar-refractivity contribution in [3.05, 3.63) is 85.1 Å². The van der Waals surface area contributed by atoms with E-state index in [-0.39, 0.29) is 12.4 Å². The maximum Gasteiger partial charge on any atom is 0.0723 e. The van der Waals surface area contributed by atoms with E-state index in [0.29, 0.717) is 0 Å². The van der Waals surface area contributed by atoms with Gasteiger partial charge in [-0.1, -0.05) is 54.6 Å². The Morgan fingerprint density at radius 2 is 1.20 bits per heavy atom. The molecular weight excluding hydrogens is 330 g/mol. The zero-order valence-corrected chi connectivity index (χ0v) is 14.2. The molecule has 0 aliphatic carbocycles. The van der Waals surface area contributed by atoms with Gasteiger partial charge in [0, 0.05) is 22.4 Å². The second-order valence-corrected chi connectivity index (χ2v) is 5.86. The smallest absolute Gasteiger partial charge is 0.0723 e. The van der Waals surface area contributed by atoms with Crippen LogP contribution in [0.5, 0.6) is 0 Å². The molecule has 0 unspecified atom stereocenters. The van der Waals surface area contributed by atoms with Crippen LogP contribution in [0.1, 0.15) is 0 Å². The molecule has 5 rings (SSSR count). The summed E-state index contributed by atoms with van der Waals surface area (Å²) in [5, 5.41) is 3.61. The molecule has 0 radical (unpaired) electrons. The SMILES string of the molecule is Cl.c1ccc2c(Nn3c4ccccc4c4ccccc43)ccnc2c1. The average Bonchev–Trinajstić information content (AvgIpc) is 2.97. The van der Waals surface area contributed by atoms with Gasteiger partial charge in [0.15, 0.2) is 0 Å². The van der Waals surface area contributed by atoms with Gasteiger partial charge in [-0.2, -0.15) is 0 Å². The molecule has 2 aromatic heterocycles. The van der Waals surface area contributed by atoms with Crippen molar-refractivity contribution in [2.45, 2.75) is 0 Å². The highest BCUT2D eigenvalue weighted by molar-refractivity contribution is 6.08. The number of nitrogens with one attached hydrogen (secondary N) is 1. The highest BCUT2D eigenvalue weighted by Crippen LogP contribution is 2.30. The minimum absolute atomic E-state index is 0. The van der Waals surface area contributed by atoms with Crippen molar-refractivity contribution in [2.75, 3.05) is 5.43 Å². The number of aromatic nitrogens is 2. The van der Waals surface area contributed by atoms with Crippen LogP contribution < -0.4 is 5.43 Å². The first-order valence-corrected chi connectivity index (χ1v) is 8.01. The van der Waals surface area contributed by atoms with E-state index in [1.54, 1.807) is 0 Å². The summed E-state index contributed by atoms with van der Waals surface area (Å²) in [6.45, 7) is 0. The van der Waals surface area contributed by atoms with Gasteiger partial charge < -0.3 is 0 Å². The fourth-order valence-electron chi connectivity index (χ4n) is 3.36. The highest BCUT2D eigenvalue weighted by Gasteiger charge is 2.10. The van der Waals surface area contributed by atoms with Crippen molar-refractivity contribution in [3.63, 3.8) is 0 Å². The summed E-state index contributed by atoms with van der Waals surface area (Å²) in [5.74, 6) is 0. The summed E-state index contributed by atoms with van der Waals surface area (Å²) in [4.78, 5) is 4.45. The molecule has 5 aromatic rings. The first-order chi connectivity index (χ1) is 11.9. The van der Waals surface area contributed by atoms with Crippen LogP contribution in [0.2, 0.25) is 0 Å². The van der Waals surface area contributed by atoms with E-state index < -0.39 is 0 Å². The molecule has 3 nitrogen and oxygen atoms in total. The average molecular weight is 346 g/mol. The van der Waals surface area contributed by atoms with Crippen LogP contribution >= 0.6 is 12.4 Å². The molecule has 0 atom stereocenters. The van der Waals surface area contributed by atoms with Gasteiger partial charge >= 0.3 is 0 Å². The maximum atomic E-state index is 4.45. The molecule has 1 N–H and O–H groups in total. The minimum Gasteiger partial charge on any atom is -0.293 e. The first-order valence-electron chi connectivity index (χ1n) is 8.01. The summed E-state index contributed by atoms with van der Waals surface area (Å²) in [6.07, 6.45) is 1.85. The molecule has 0 fully saturated rings. The van der Waals surface area contributed by atoms with Gasteiger partial charge in [-0.3, -0.25) is 15.1 Å². The van der Waals surface area contributed by atoms with Crippen LogP contribution in [0.4, 0.5) is 5.69 Å². The number of pyridine rings is 1. The molecule has 122 valence electrons. The Balaban J connectivity index is 0.00000157. The lowest BCUT2D eigenvalue weighted by atomic mass is 10.2. The Morgan fingerprint density at radius 3 is 1.88 bits per heavy atom. The molecule has 0 saturated carbocycles. The number of halogens is 1. The van der Waals surface area contributed by atoms with Crippen LogP contribution in [0.3, 0.4) is 0 Å². The van der Waals surface area contributed by atoms with E-state index in [2.05, 4.69) is 69.7 Å². The molecule has 0 bridgehead atoms. The molecule has 0 amide bonds. The number of benzene rings is 3. The van der Waals surface area contributed by atoms with Crippen molar-refractivity contribution >= 4 is 50.8 Å². The quantitative estimate of drug-likeness (QED) is 0.448. The number of hydrogen-bond acceptors (Lipinski definition) is 2. The van der Waals surface area contributed by atoms with Gasteiger partial charge in [-0.05, 0) is 24.3 Å². The monoisotopic (exact) mass is 345 g/mol. The van der Waals surface area contributed by atoms with E-state index in [4.69, 9.17) is 0 Å². The Morgan fingerprint density at radius 1 is 0.640 bits per heavy atom. The second kappa shape index (κ2) is 6.11. The van der Waals surface area contributed by atoms with Crippen molar-refractivity contribution in [2.24, 2.45) is 0 Å². The summed E-state index contributed by atoms with van der Waals surface area (Å²) >= 11 is 0. The first kappa shape index (κ1) is 15.5. The Hall–Kier alpha value is -3.04. The lowest BCUT2D eigenvalue weighted by Gasteiger charge is -2.13. The molecule has 0 aliphatic heterocycles. The van der Waals surface area contributed by atoms with Gasteiger partial charge in [0.25, 0.3) is 0 Å². The third kappa shape index (κ3) is 2.41. The number of para-hydroxylation sites is 3. The van der Waals surface area contributed by atoms with Crippen molar-refractivity contribution < 1.29 is 0 Å². The third-order valence-corrected chi connectivity index (χ3v) is 4.46. The lowest BCUT2D eigenvalue weighted by molar-refractivity contribution is 1.06. The summed E-state index contributed by atoms with van der Waals surface area (Å²) in [6, 6.07) is 27.1. The van der Waals surface area contributed by atoms with E-state index in [0.717, 1.165) is 16.6 Å². The van der Waals surface area contributed by atoms with Crippen molar-refractivity contribution in [3.8, 4) is 0 Å². The van der Waals surface area contributed by atoms with Crippen LogP contribution in [0.25, 0.3) is 32.7 Å². The van der Waals surface area contributed by atoms with Crippen LogP contribution in [0.15, 0.2) is 85.1 Å². The molecule has 3 aromatic carbocycles. The van der Waals surface area contributed by atoms with E-state index in [9.17, 15) is 0 Å². The van der Waals surface area contributed by atoms with E-state index in [1.165, 1.54) is 21.8 Å². The van der Waals surface area contributed by atoms with Crippen LogP contribution in [-0.2, 0) is 0 Å². The maximum absolute atomic E-state index is 4.45. The predicted octanol–water partition coefficient (Wildman–Crippen LogP) is 5.64. The Kier molecular flexibility index (Phi) is 3.79. The lowest BCUT2D eigenvalue weighted by Crippen LogP contribution is -2.08. The van der Waals surface area contributed by atoms with Crippen molar-refractivity contribution in [1.82, 2.24) is 9.66 Å². The van der Waals surface area contributed by atoms with Gasteiger partial charge in [-0.25, -0.2) is 0 Å². The largest absolute Gasteiger partial charge is 0.293 e. The molecule has 0 spiro atoms. The normalized spacial score (nSPS) is 10.9. The molecule has 2 heterocycles. The molecule has 0 aliphatic rings. The highest BCUT2D eigenvalue weighted by atomic mass is 35.5. The molecular formula is C21H16ClN3. The fraction of sp³-hybridized carbons (Fsp3) is 0. The summed E-state index contributed by atoms with van der Waals surface area (Å²) in [7, 11) is 0. The Bertz CT molecular complexity index is 1140. The third-order valence-electron chi connectivity index (χ3n) is 4.46. The van der Waals surface area contributed by atoms with Crippen LogP contribution in [-0.4, -0.2) is 9.66 Å². The van der Waals surface area contributed by atoms with Gasteiger partial charge in [-0.15, -0.1) is 12.4 Å². The molecule has 25 heavy (non-hydrogen) atoms. The predicted molar refractivity (Wildman–Crippen MR) is 107 cm³/mol. The number of fused-ring (bicyclic) bond motifs is 4. The van der Waals surface area contributed by atoms with Gasteiger partial charge in [0.2, 0.25) is 0 Å². The number of nitrogens with zero attached hydrogens (tertiary/aromatic N) is 2. The van der Waals surface area contributed by atoms with E-state index >= 15 is 0 Å². The fourth-order valence-corrected chi connectivity index (χ4v) is 3.36. The zero-order valence-electron chi connectivity index (χ0n) is 13.4. The molecule has 4 heteroatoms. The van der Waals surface area contributed by atoms with Gasteiger partial charge in [0.05, 0.1) is 22.2 Å². The van der Waals surface area contributed by atoms with Crippen LogP contribution in [0, 0.1) is 0 Å². The topological polar surface area (TPSA) is 29.9 Å². The summed E-state index contributed by atoms with van der Waals surface area (Å²) < 4.78 is 2.16. The summed E-state index contributed by atoms with van der Waals surface area (Å²) in [5.41, 5.74) is 7.96. The van der Waals surface area contributed by atoms with Crippen molar-refractivity contribution in [1.29, 1.82) is 0 Å². The zero-order chi connectivity index (χ0) is 15.9. The number of rotatable bonds is 2. The second-order valence-electron chi connectivity index (χ2n) is 5.86. The Labute approximate surface area is 151 Å². The standard InChI is InChI=1S/C21H15N3.ClH/c1-4-10-18-17(9-1)19(13-14-22-18)23-24-20-11-5-2-7-15(20)16-8-3-6-12-21(16)24;/h1-14H,(H,22,23);1H. The number of hydrogen-bond donors (Lipinski definition) is 1.